The maximum absolute atomic E-state index is 9.80. The number of rotatable bonds is 3. The first kappa shape index (κ1) is 24.1. The van der Waals surface area contributed by atoms with Crippen molar-refractivity contribution >= 4 is 106 Å². The molecule has 0 aliphatic carbocycles. The van der Waals surface area contributed by atoms with Crippen molar-refractivity contribution in [1.82, 2.24) is 13.7 Å². The Hall–Kier alpha value is -7.76. The number of benzene rings is 9. The molecule has 5 heteroatoms. The first-order valence-electron chi connectivity index (χ1n) is 24.3. The van der Waals surface area contributed by atoms with Crippen LogP contribution in [-0.4, -0.2) is 20.4 Å². The molecule has 0 N–H and O–H groups in total. The van der Waals surface area contributed by atoms with Crippen LogP contribution in [0, 0.1) is 0 Å². The molecule has 14 rings (SSSR count). The molecule has 0 saturated carbocycles. The second kappa shape index (κ2) is 11.4. The lowest BCUT2D eigenvalue weighted by Crippen LogP contribution is -2.60. The Morgan fingerprint density at radius 2 is 1.00 bits per heavy atom. The first-order chi connectivity index (χ1) is 33.1. The van der Waals surface area contributed by atoms with E-state index in [9.17, 15) is 5.48 Å². The van der Waals surface area contributed by atoms with E-state index in [1.807, 2.05) is 72.8 Å². The van der Waals surface area contributed by atoms with Gasteiger partial charge in [-0.25, -0.2) is 0 Å². The Morgan fingerprint density at radius 1 is 0.373 bits per heavy atom. The van der Waals surface area contributed by atoms with Gasteiger partial charge in [-0.2, -0.15) is 0 Å². The third kappa shape index (κ3) is 3.94. The molecule has 9 aromatic carbocycles. The maximum Gasteiger partial charge on any atom is 0.252 e. The van der Waals surface area contributed by atoms with E-state index >= 15 is 0 Å². The van der Waals surface area contributed by atoms with Gasteiger partial charge in [0, 0.05) is 60.6 Å². The van der Waals surface area contributed by atoms with E-state index < -0.39 is 49.0 Å². The lowest BCUT2D eigenvalue weighted by molar-refractivity contribution is 1.13. The van der Waals surface area contributed by atoms with Gasteiger partial charge in [0.2, 0.25) is 0 Å². The molecular weight excluding hydrogens is 715 g/mol. The normalized spacial score (nSPS) is 15.2. The number of fused-ring (bicyclic) bond motifs is 14. The van der Waals surface area contributed by atoms with Crippen molar-refractivity contribution < 1.29 is 12.3 Å². The number of nitrogens with zero attached hydrogens (tertiary/aromatic N) is 4. The molecule has 272 valence electrons. The summed E-state index contributed by atoms with van der Waals surface area (Å²) in [5.74, 6) is 0. The monoisotopic (exact) mass is 757 g/mol. The van der Waals surface area contributed by atoms with Crippen molar-refractivity contribution in [2.75, 3.05) is 4.90 Å². The summed E-state index contributed by atoms with van der Waals surface area (Å²) in [5.41, 5.74) is 9.99. The average molecular weight is 758 g/mol. The van der Waals surface area contributed by atoms with Gasteiger partial charge in [0.05, 0.1) is 51.3 Å². The predicted molar refractivity (Wildman–Crippen MR) is 249 cm³/mol. The van der Waals surface area contributed by atoms with Crippen LogP contribution in [0.3, 0.4) is 0 Å². The van der Waals surface area contributed by atoms with Crippen molar-refractivity contribution in [1.29, 1.82) is 0 Å². The summed E-state index contributed by atoms with van der Waals surface area (Å²) in [4.78, 5) is 1.55. The Morgan fingerprint density at radius 3 is 1.78 bits per heavy atom. The van der Waals surface area contributed by atoms with Crippen molar-refractivity contribution in [3.8, 4) is 17.1 Å². The molecule has 5 heterocycles. The molecule has 4 nitrogen and oxygen atoms in total. The largest absolute Gasteiger partial charge is 0.309 e. The van der Waals surface area contributed by atoms with Crippen molar-refractivity contribution in [3.63, 3.8) is 0 Å². The summed E-state index contributed by atoms with van der Waals surface area (Å²) in [7, 11) is 0. The SMILES string of the molecule is [2H]c1c([2H])c([2H])c(N2c3c(-n4c5ccccc5c5ccccc54)ccc4c3B(c3c([2H])c([2H])c([2H])c([2H])c32)c2cccc3c5ccc6c(c7ccccc7n6-c6ccccc6)c5n-4c23)c([2H])c1[2H]. The van der Waals surface area contributed by atoms with Crippen molar-refractivity contribution in [2.45, 2.75) is 0 Å². The van der Waals surface area contributed by atoms with E-state index in [1.54, 1.807) is 4.90 Å². The van der Waals surface area contributed by atoms with E-state index in [-0.39, 0.29) is 28.9 Å². The molecule has 0 fully saturated rings. The second-order valence-corrected chi connectivity index (χ2v) is 15.4. The molecule has 2 aliphatic rings. The molecule has 0 atom stereocenters. The summed E-state index contributed by atoms with van der Waals surface area (Å²) in [5, 5.41) is 6.03. The minimum Gasteiger partial charge on any atom is -0.309 e. The first-order valence-corrected chi connectivity index (χ1v) is 19.8. The van der Waals surface area contributed by atoms with E-state index in [0.717, 1.165) is 82.3 Å². The third-order valence-corrected chi connectivity index (χ3v) is 12.6. The molecular formula is C54H33BN4. The van der Waals surface area contributed by atoms with E-state index in [4.69, 9.17) is 6.85 Å². The molecule has 0 unspecified atom stereocenters. The number of aromatic nitrogens is 3. The zero-order chi connectivity index (χ0) is 46.2. The van der Waals surface area contributed by atoms with Gasteiger partial charge in [0.25, 0.3) is 6.71 Å². The Labute approximate surface area is 352 Å². The highest BCUT2D eigenvalue weighted by molar-refractivity contribution is 7.00. The fourth-order valence-electron chi connectivity index (χ4n) is 10.5. The van der Waals surface area contributed by atoms with E-state index in [0.29, 0.717) is 16.8 Å². The highest BCUT2D eigenvalue weighted by Gasteiger charge is 2.43. The topological polar surface area (TPSA) is 18.0 Å². The Kier molecular flexibility index (Phi) is 4.67. The Bertz CT molecular complexity index is 4210. The summed E-state index contributed by atoms with van der Waals surface area (Å²) in [6.45, 7) is -0.785. The zero-order valence-electron chi connectivity index (χ0n) is 40.2. The van der Waals surface area contributed by atoms with Gasteiger partial charge in [-0.05, 0) is 83.0 Å². The van der Waals surface area contributed by atoms with Gasteiger partial charge in [-0.1, -0.05) is 133 Å². The van der Waals surface area contributed by atoms with Gasteiger partial charge in [-0.15, -0.1) is 0 Å². The van der Waals surface area contributed by atoms with Crippen LogP contribution >= 0.6 is 0 Å². The smallest absolute Gasteiger partial charge is 0.252 e. The fraction of sp³-hybridized carbons (Fsp3) is 0. The third-order valence-electron chi connectivity index (χ3n) is 12.6. The molecule has 0 bridgehead atoms. The number of para-hydroxylation sites is 7. The highest BCUT2D eigenvalue weighted by Crippen LogP contribution is 2.47. The number of hydrogen-bond acceptors (Lipinski definition) is 1. The van der Waals surface area contributed by atoms with Gasteiger partial charge in [-0.3, -0.25) is 0 Å². The quantitative estimate of drug-likeness (QED) is 0.164. The molecule has 0 spiro atoms. The molecule has 12 aromatic rings. The molecule has 0 radical (unpaired) electrons. The standard InChI is InChI=1S/C54H33BN4/c1-3-16-34(17-4-1)56-45-28-13-9-22-40(45)50-47(56)31-30-39-38-23-15-25-42-52(38)59(53(39)50)48-32-33-49(58-43-26-11-7-20-36(43)37-21-8-12-27-44(37)58)54-51(48)55(42)41-24-10-14-29-46(41)57(54)35-18-5-2-6-19-35/h1-33H/i2D,5D,6D,10D,14D,18D,19D,24D,29D. The van der Waals surface area contributed by atoms with Crippen LogP contribution in [0.2, 0.25) is 0 Å². The van der Waals surface area contributed by atoms with Gasteiger partial charge >= 0.3 is 0 Å². The lowest BCUT2D eigenvalue weighted by atomic mass is 9.33. The molecule has 59 heavy (non-hydrogen) atoms. The van der Waals surface area contributed by atoms with Crippen LogP contribution in [0.25, 0.3) is 82.5 Å². The minimum absolute atomic E-state index is 0.0288. The average Bonchev–Trinajstić information content (AvgIpc) is 4.02. The fourth-order valence-corrected chi connectivity index (χ4v) is 10.5. The minimum atomic E-state index is -0.785. The second-order valence-electron chi connectivity index (χ2n) is 15.4. The van der Waals surface area contributed by atoms with Crippen molar-refractivity contribution in [2.24, 2.45) is 0 Å². The number of hydrogen-bond donors (Lipinski definition) is 0. The summed E-state index contributed by atoms with van der Waals surface area (Å²) in [6, 6.07) is 45.2. The van der Waals surface area contributed by atoms with Crippen LogP contribution < -0.4 is 21.3 Å². The van der Waals surface area contributed by atoms with Crippen LogP contribution in [0.5, 0.6) is 0 Å². The summed E-state index contributed by atoms with van der Waals surface area (Å²) in [6.07, 6.45) is 0. The van der Waals surface area contributed by atoms with E-state index in [1.165, 1.54) is 0 Å². The summed E-state index contributed by atoms with van der Waals surface area (Å²) >= 11 is 0. The van der Waals surface area contributed by atoms with Crippen LogP contribution in [0.4, 0.5) is 17.1 Å². The number of anilines is 3. The highest BCUT2D eigenvalue weighted by atomic mass is 15.2. The van der Waals surface area contributed by atoms with E-state index in [2.05, 4.69) is 86.5 Å². The zero-order valence-corrected chi connectivity index (χ0v) is 31.2. The summed E-state index contributed by atoms with van der Waals surface area (Å²) < 4.78 is 90.4. The predicted octanol–water partition coefficient (Wildman–Crippen LogP) is 11.6. The van der Waals surface area contributed by atoms with Crippen LogP contribution in [0.15, 0.2) is 200 Å². The molecule has 2 aliphatic heterocycles. The molecule has 3 aromatic heterocycles. The van der Waals surface area contributed by atoms with Gasteiger partial charge < -0.3 is 18.6 Å². The van der Waals surface area contributed by atoms with Crippen molar-refractivity contribution in [3.05, 3.63) is 200 Å². The van der Waals surface area contributed by atoms with Crippen LogP contribution in [0.1, 0.15) is 12.3 Å². The molecule has 0 amide bonds. The van der Waals surface area contributed by atoms with Gasteiger partial charge in [0.1, 0.15) is 0 Å². The van der Waals surface area contributed by atoms with Gasteiger partial charge in [0.15, 0.2) is 0 Å². The Balaban J connectivity index is 1.25. The lowest BCUT2D eigenvalue weighted by Gasteiger charge is -2.41. The van der Waals surface area contributed by atoms with Crippen LogP contribution in [-0.2, 0) is 0 Å². The molecule has 0 saturated heterocycles. The maximum atomic E-state index is 9.80.